The Hall–Kier alpha value is -0.450. The summed E-state index contributed by atoms with van der Waals surface area (Å²) in [7, 11) is 2.14. The molecule has 16 heavy (non-hydrogen) atoms. The molecule has 0 unspecified atom stereocenters. The maximum absolute atomic E-state index is 6.22. The zero-order chi connectivity index (χ0) is 11.7. The van der Waals surface area contributed by atoms with Gasteiger partial charge in [-0.3, -0.25) is 0 Å². The van der Waals surface area contributed by atoms with Crippen LogP contribution in [0.25, 0.3) is 0 Å². The summed E-state index contributed by atoms with van der Waals surface area (Å²) >= 11 is 9.65. The fourth-order valence-electron chi connectivity index (χ4n) is 1.84. The third-order valence-corrected chi connectivity index (χ3v) is 3.90. The van der Waals surface area contributed by atoms with Gasteiger partial charge in [-0.25, -0.2) is 0 Å². The number of hydrogen-bond donors (Lipinski definition) is 1. The van der Waals surface area contributed by atoms with Crippen molar-refractivity contribution in [2.24, 2.45) is 0 Å². The number of nitrogens with zero attached hydrogens (tertiary/aromatic N) is 2. The highest BCUT2D eigenvalue weighted by atomic mass is 79.9. The Labute approximate surface area is 109 Å². The number of piperazine rings is 1. The van der Waals surface area contributed by atoms with Gasteiger partial charge >= 0.3 is 0 Å². The predicted molar refractivity (Wildman–Crippen MR) is 73.3 cm³/mol. The lowest BCUT2D eigenvalue weighted by atomic mass is 10.2. The zero-order valence-electron chi connectivity index (χ0n) is 9.21. The topological polar surface area (TPSA) is 32.5 Å². The summed E-state index contributed by atoms with van der Waals surface area (Å²) in [6.07, 6.45) is 0. The second-order valence-electron chi connectivity index (χ2n) is 4.12. The third kappa shape index (κ3) is 2.44. The first-order valence-electron chi connectivity index (χ1n) is 5.26. The van der Waals surface area contributed by atoms with Gasteiger partial charge in [0.1, 0.15) is 0 Å². The number of nitrogens with two attached hydrogens (primary N) is 1. The van der Waals surface area contributed by atoms with Crippen LogP contribution in [0.4, 0.5) is 11.4 Å². The fraction of sp³-hybridized carbons (Fsp3) is 0.455. The largest absolute Gasteiger partial charge is 0.398 e. The number of rotatable bonds is 1. The van der Waals surface area contributed by atoms with E-state index in [1.54, 1.807) is 6.07 Å². The number of nitrogen functional groups attached to an aromatic ring is 1. The molecule has 1 fully saturated rings. The first-order valence-corrected chi connectivity index (χ1v) is 6.43. The van der Waals surface area contributed by atoms with Gasteiger partial charge < -0.3 is 15.5 Å². The van der Waals surface area contributed by atoms with Gasteiger partial charge in [0.2, 0.25) is 0 Å². The van der Waals surface area contributed by atoms with E-state index in [4.69, 9.17) is 17.3 Å². The Kier molecular flexibility index (Phi) is 3.62. The molecule has 88 valence electrons. The van der Waals surface area contributed by atoms with Crippen LogP contribution in [-0.4, -0.2) is 38.1 Å². The molecule has 2 rings (SSSR count). The molecule has 0 amide bonds. The average Bonchev–Trinajstić information content (AvgIpc) is 2.25. The molecule has 1 aromatic rings. The summed E-state index contributed by atoms with van der Waals surface area (Å²) in [6.45, 7) is 4.15. The molecule has 0 atom stereocenters. The minimum Gasteiger partial charge on any atom is -0.398 e. The molecule has 3 nitrogen and oxygen atoms in total. The first-order chi connectivity index (χ1) is 7.58. The van der Waals surface area contributed by atoms with Crippen LogP contribution < -0.4 is 10.6 Å². The molecule has 0 bridgehead atoms. The Morgan fingerprint density at radius 2 is 1.88 bits per heavy atom. The SMILES string of the molecule is CN1CCN(c2cc(Br)c(N)cc2Cl)CC1. The monoisotopic (exact) mass is 303 g/mol. The molecular formula is C11H15BrClN3. The van der Waals surface area contributed by atoms with Gasteiger partial charge in [0.05, 0.1) is 10.7 Å². The van der Waals surface area contributed by atoms with E-state index >= 15 is 0 Å². The highest BCUT2D eigenvalue weighted by Gasteiger charge is 2.17. The Bertz CT molecular complexity index is 389. The van der Waals surface area contributed by atoms with Crippen LogP contribution in [0.5, 0.6) is 0 Å². The van der Waals surface area contributed by atoms with Gasteiger partial charge in [0, 0.05) is 36.3 Å². The Morgan fingerprint density at radius 1 is 1.25 bits per heavy atom. The minimum absolute atomic E-state index is 0.683. The number of hydrogen-bond acceptors (Lipinski definition) is 3. The molecule has 1 aromatic carbocycles. The molecule has 0 aromatic heterocycles. The molecule has 0 saturated carbocycles. The molecule has 0 aliphatic carbocycles. The van der Waals surface area contributed by atoms with Crippen LogP contribution in [0.15, 0.2) is 16.6 Å². The van der Waals surface area contributed by atoms with Crippen LogP contribution in [0.1, 0.15) is 0 Å². The van der Waals surface area contributed by atoms with Crippen molar-refractivity contribution in [2.75, 3.05) is 43.9 Å². The van der Waals surface area contributed by atoms with Crippen LogP contribution in [-0.2, 0) is 0 Å². The lowest BCUT2D eigenvalue weighted by molar-refractivity contribution is 0.313. The van der Waals surface area contributed by atoms with Crippen LogP contribution in [0.3, 0.4) is 0 Å². The summed E-state index contributed by atoms with van der Waals surface area (Å²) in [5, 5.41) is 0.727. The number of anilines is 2. The van der Waals surface area contributed by atoms with Crippen molar-refractivity contribution in [3.8, 4) is 0 Å². The molecule has 2 N–H and O–H groups in total. The predicted octanol–water partition coefficient (Wildman–Crippen LogP) is 2.44. The molecule has 1 aliphatic heterocycles. The lowest BCUT2D eigenvalue weighted by Crippen LogP contribution is -2.44. The molecule has 5 heteroatoms. The van der Waals surface area contributed by atoms with Crippen molar-refractivity contribution in [2.45, 2.75) is 0 Å². The number of benzene rings is 1. The third-order valence-electron chi connectivity index (χ3n) is 2.91. The zero-order valence-corrected chi connectivity index (χ0v) is 11.6. The normalized spacial score (nSPS) is 17.8. The van der Waals surface area contributed by atoms with Gasteiger partial charge in [-0.15, -0.1) is 0 Å². The minimum atomic E-state index is 0.683. The van der Waals surface area contributed by atoms with E-state index < -0.39 is 0 Å². The maximum Gasteiger partial charge on any atom is 0.0660 e. The highest BCUT2D eigenvalue weighted by Crippen LogP contribution is 2.33. The van der Waals surface area contributed by atoms with Crippen molar-refractivity contribution in [1.29, 1.82) is 0 Å². The average molecular weight is 305 g/mol. The van der Waals surface area contributed by atoms with E-state index in [9.17, 15) is 0 Å². The summed E-state index contributed by atoms with van der Waals surface area (Å²) in [5.74, 6) is 0. The second kappa shape index (κ2) is 4.82. The van der Waals surface area contributed by atoms with E-state index in [2.05, 4.69) is 32.8 Å². The lowest BCUT2D eigenvalue weighted by Gasteiger charge is -2.34. The van der Waals surface area contributed by atoms with Gasteiger partial charge in [-0.1, -0.05) is 11.6 Å². The number of halogens is 2. The van der Waals surface area contributed by atoms with Crippen molar-refractivity contribution in [3.63, 3.8) is 0 Å². The van der Waals surface area contributed by atoms with E-state index in [0.29, 0.717) is 5.69 Å². The fourth-order valence-corrected chi connectivity index (χ4v) is 2.46. The standard InChI is InChI=1S/C11H15BrClN3/c1-15-2-4-16(5-3-15)11-6-8(12)10(14)7-9(11)13/h6-7H,2-5,14H2,1H3. The Balaban J connectivity index is 2.23. The van der Waals surface area contributed by atoms with Crippen molar-refractivity contribution in [1.82, 2.24) is 4.90 Å². The van der Waals surface area contributed by atoms with Crippen molar-refractivity contribution < 1.29 is 0 Å². The molecule has 1 aliphatic rings. The maximum atomic E-state index is 6.22. The summed E-state index contributed by atoms with van der Waals surface area (Å²) in [4.78, 5) is 4.61. The van der Waals surface area contributed by atoms with Gasteiger partial charge in [0.25, 0.3) is 0 Å². The van der Waals surface area contributed by atoms with Gasteiger partial charge in [-0.05, 0) is 35.1 Å². The van der Waals surface area contributed by atoms with Crippen LogP contribution in [0, 0.1) is 0 Å². The summed E-state index contributed by atoms with van der Waals surface area (Å²) in [5.41, 5.74) is 7.53. The van der Waals surface area contributed by atoms with Gasteiger partial charge in [-0.2, -0.15) is 0 Å². The quantitative estimate of drug-likeness (QED) is 0.809. The summed E-state index contributed by atoms with van der Waals surface area (Å²) in [6, 6.07) is 3.81. The van der Waals surface area contributed by atoms with E-state index in [1.165, 1.54) is 0 Å². The molecule has 1 heterocycles. The second-order valence-corrected chi connectivity index (χ2v) is 5.38. The number of likely N-dealkylation sites (N-methyl/N-ethyl adjacent to an activating group) is 1. The first kappa shape index (κ1) is 12.0. The van der Waals surface area contributed by atoms with Gasteiger partial charge in [0.15, 0.2) is 0 Å². The van der Waals surface area contributed by atoms with E-state index in [-0.39, 0.29) is 0 Å². The molecule has 1 saturated heterocycles. The summed E-state index contributed by atoms with van der Waals surface area (Å²) < 4.78 is 0.908. The van der Waals surface area contributed by atoms with Crippen LogP contribution >= 0.6 is 27.5 Å². The highest BCUT2D eigenvalue weighted by molar-refractivity contribution is 9.10. The van der Waals surface area contributed by atoms with Crippen molar-refractivity contribution in [3.05, 3.63) is 21.6 Å². The van der Waals surface area contributed by atoms with E-state index in [0.717, 1.165) is 41.4 Å². The molecule has 0 spiro atoms. The Morgan fingerprint density at radius 3 is 2.50 bits per heavy atom. The molecular weight excluding hydrogens is 289 g/mol. The van der Waals surface area contributed by atoms with Crippen LogP contribution in [0.2, 0.25) is 5.02 Å². The molecule has 0 radical (unpaired) electrons. The van der Waals surface area contributed by atoms with Crippen molar-refractivity contribution >= 4 is 38.9 Å². The smallest absolute Gasteiger partial charge is 0.0660 e. The van der Waals surface area contributed by atoms with E-state index in [1.807, 2.05) is 6.07 Å².